The summed E-state index contributed by atoms with van der Waals surface area (Å²) in [6, 6.07) is 1.94. The number of aliphatic hydroxyl groups is 1. The molecule has 0 amide bonds. The van der Waals surface area contributed by atoms with Crippen LogP contribution in [0.4, 0.5) is 0 Å². The Morgan fingerprint density at radius 2 is 2.36 bits per heavy atom. The Morgan fingerprint density at radius 1 is 1.43 bits per heavy atom. The van der Waals surface area contributed by atoms with Crippen molar-refractivity contribution in [1.29, 1.82) is 0 Å². The summed E-state index contributed by atoms with van der Waals surface area (Å²) in [5.74, 6) is 2.90. The second-order valence-corrected chi connectivity index (χ2v) is 5.75. The first kappa shape index (κ1) is 10.5. The van der Waals surface area contributed by atoms with Crippen LogP contribution >= 0.6 is 23.3 Å². The monoisotopic (exact) mass is 229 g/mol. The molecule has 2 unspecified atom stereocenters. The van der Waals surface area contributed by atoms with Crippen molar-refractivity contribution in [3.8, 4) is 0 Å². The van der Waals surface area contributed by atoms with Crippen molar-refractivity contribution in [2.24, 2.45) is 5.92 Å². The van der Waals surface area contributed by atoms with Gasteiger partial charge in [0.25, 0.3) is 0 Å². The number of aliphatic hydroxyl groups excluding tert-OH is 1. The third-order valence-corrected chi connectivity index (χ3v) is 4.61. The first-order valence-corrected chi connectivity index (χ1v) is 6.97. The van der Waals surface area contributed by atoms with Crippen LogP contribution in [-0.4, -0.2) is 21.0 Å². The highest BCUT2D eigenvalue weighted by atomic mass is 32.2. The molecule has 1 aromatic rings. The van der Waals surface area contributed by atoms with E-state index in [-0.39, 0.29) is 6.10 Å². The zero-order chi connectivity index (χ0) is 9.80. The third kappa shape index (κ3) is 2.49. The molecule has 0 aromatic carbocycles. The molecule has 2 rings (SSSR count). The standard InChI is InChI=1S/C10H15NOS2/c12-10(9-3-5-11-14-9)8-2-1-6-13-7-4-8/h3,5,8,10,12H,1-2,4,6-7H2. The number of nitrogens with zero attached hydrogens (tertiary/aromatic N) is 1. The Labute approximate surface area is 92.9 Å². The Morgan fingerprint density at radius 3 is 3.14 bits per heavy atom. The lowest BCUT2D eigenvalue weighted by Crippen LogP contribution is -2.11. The zero-order valence-electron chi connectivity index (χ0n) is 8.06. The van der Waals surface area contributed by atoms with Crippen LogP contribution in [0, 0.1) is 5.92 Å². The van der Waals surface area contributed by atoms with E-state index in [4.69, 9.17) is 0 Å². The van der Waals surface area contributed by atoms with Crippen molar-refractivity contribution in [3.63, 3.8) is 0 Å². The molecule has 0 spiro atoms. The molecule has 2 atom stereocenters. The molecule has 1 fully saturated rings. The van der Waals surface area contributed by atoms with Gasteiger partial charge in [0, 0.05) is 6.20 Å². The molecule has 1 aliphatic rings. The molecule has 14 heavy (non-hydrogen) atoms. The number of thioether (sulfide) groups is 1. The number of hydrogen-bond acceptors (Lipinski definition) is 4. The molecule has 78 valence electrons. The van der Waals surface area contributed by atoms with Gasteiger partial charge in [0.2, 0.25) is 0 Å². The van der Waals surface area contributed by atoms with Crippen molar-refractivity contribution in [3.05, 3.63) is 17.1 Å². The summed E-state index contributed by atoms with van der Waals surface area (Å²) in [5, 5.41) is 10.1. The lowest BCUT2D eigenvalue weighted by Gasteiger charge is -2.19. The predicted octanol–water partition coefficient (Wildman–Crippen LogP) is 2.71. The Kier molecular flexibility index (Phi) is 3.84. The van der Waals surface area contributed by atoms with Gasteiger partial charge in [0.15, 0.2) is 0 Å². The van der Waals surface area contributed by atoms with Gasteiger partial charge < -0.3 is 5.11 Å². The molecule has 0 saturated carbocycles. The van der Waals surface area contributed by atoms with E-state index in [0.29, 0.717) is 5.92 Å². The predicted molar refractivity (Wildman–Crippen MR) is 61.7 cm³/mol. The molecular formula is C10H15NOS2. The van der Waals surface area contributed by atoms with E-state index in [0.717, 1.165) is 17.7 Å². The summed E-state index contributed by atoms with van der Waals surface area (Å²) in [6.45, 7) is 0. The smallest absolute Gasteiger partial charge is 0.0926 e. The molecule has 0 radical (unpaired) electrons. The molecule has 4 heteroatoms. The lowest BCUT2D eigenvalue weighted by molar-refractivity contribution is 0.105. The van der Waals surface area contributed by atoms with E-state index in [1.165, 1.54) is 29.5 Å². The van der Waals surface area contributed by atoms with Crippen LogP contribution in [0.15, 0.2) is 12.3 Å². The van der Waals surface area contributed by atoms with Gasteiger partial charge in [-0.15, -0.1) is 0 Å². The first-order valence-electron chi connectivity index (χ1n) is 5.04. The van der Waals surface area contributed by atoms with Gasteiger partial charge in [0.1, 0.15) is 0 Å². The molecular weight excluding hydrogens is 214 g/mol. The molecule has 2 nitrogen and oxygen atoms in total. The quantitative estimate of drug-likeness (QED) is 0.846. The second-order valence-electron chi connectivity index (χ2n) is 3.66. The fourth-order valence-electron chi connectivity index (χ4n) is 1.85. The molecule has 0 aliphatic carbocycles. The summed E-state index contributed by atoms with van der Waals surface area (Å²) in [5.41, 5.74) is 0. The van der Waals surface area contributed by atoms with E-state index in [2.05, 4.69) is 4.37 Å². The van der Waals surface area contributed by atoms with Gasteiger partial charge in [-0.3, -0.25) is 0 Å². The number of aromatic nitrogens is 1. The average Bonchev–Trinajstić information content (AvgIpc) is 2.59. The highest BCUT2D eigenvalue weighted by Gasteiger charge is 2.23. The van der Waals surface area contributed by atoms with E-state index < -0.39 is 0 Å². The van der Waals surface area contributed by atoms with Gasteiger partial charge in [-0.25, -0.2) is 4.37 Å². The molecule has 0 bridgehead atoms. The number of rotatable bonds is 2. The van der Waals surface area contributed by atoms with Crippen LogP contribution in [0.25, 0.3) is 0 Å². The van der Waals surface area contributed by atoms with Gasteiger partial charge in [-0.05, 0) is 54.3 Å². The Balaban J connectivity index is 1.99. The van der Waals surface area contributed by atoms with Crippen molar-refractivity contribution >= 4 is 23.3 Å². The fraction of sp³-hybridized carbons (Fsp3) is 0.700. The van der Waals surface area contributed by atoms with Gasteiger partial charge in [-0.1, -0.05) is 0 Å². The highest BCUT2D eigenvalue weighted by molar-refractivity contribution is 7.99. The highest BCUT2D eigenvalue weighted by Crippen LogP contribution is 2.33. The van der Waals surface area contributed by atoms with Crippen LogP contribution in [0.1, 0.15) is 30.2 Å². The van der Waals surface area contributed by atoms with E-state index >= 15 is 0 Å². The number of hydrogen-bond donors (Lipinski definition) is 1. The van der Waals surface area contributed by atoms with Crippen molar-refractivity contribution < 1.29 is 5.11 Å². The first-order chi connectivity index (χ1) is 6.88. The normalized spacial score (nSPS) is 25.6. The van der Waals surface area contributed by atoms with E-state index in [1.807, 2.05) is 17.8 Å². The minimum atomic E-state index is -0.277. The van der Waals surface area contributed by atoms with Crippen molar-refractivity contribution in [2.75, 3.05) is 11.5 Å². The minimum absolute atomic E-state index is 0.277. The van der Waals surface area contributed by atoms with Gasteiger partial charge in [-0.2, -0.15) is 11.8 Å². The fourth-order valence-corrected chi connectivity index (χ4v) is 3.56. The van der Waals surface area contributed by atoms with E-state index in [1.54, 1.807) is 6.20 Å². The summed E-state index contributed by atoms with van der Waals surface area (Å²) >= 11 is 3.44. The van der Waals surface area contributed by atoms with Crippen LogP contribution in [0.3, 0.4) is 0 Å². The summed E-state index contributed by atoms with van der Waals surface area (Å²) in [6.07, 6.45) is 5.04. The molecule has 2 heterocycles. The summed E-state index contributed by atoms with van der Waals surface area (Å²) in [7, 11) is 0. The Bertz CT molecular complexity index is 255. The summed E-state index contributed by atoms with van der Waals surface area (Å²) in [4.78, 5) is 1.03. The van der Waals surface area contributed by atoms with Crippen LogP contribution in [-0.2, 0) is 0 Å². The molecule has 1 N–H and O–H groups in total. The maximum atomic E-state index is 10.1. The van der Waals surface area contributed by atoms with Crippen LogP contribution in [0.5, 0.6) is 0 Å². The van der Waals surface area contributed by atoms with E-state index in [9.17, 15) is 5.11 Å². The summed E-state index contributed by atoms with van der Waals surface area (Å²) < 4.78 is 4.04. The van der Waals surface area contributed by atoms with Crippen LogP contribution in [0.2, 0.25) is 0 Å². The van der Waals surface area contributed by atoms with Crippen molar-refractivity contribution in [2.45, 2.75) is 25.4 Å². The minimum Gasteiger partial charge on any atom is -0.387 e. The Hall–Kier alpha value is -0.0600. The molecule has 1 saturated heterocycles. The topological polar surface area (TPSA) is 33.1 Å². The van der Waals surface area contributed by atoms with Crippen molar-refractivity contribution in [1.82, 2.24) is 4.37 Å². The molecule has 1 aromatic heterocycles. The maximum absolute atomic E-state index is 10.1. The van der Waals surface area contributed by atoms with Gasteiger partial charge >= 0.3 is 0 Å². The zero-order valence-corrected chi connectivity index (χ0v) is 9.69. The van der Waals surface area contributed by atoms with Gasteiger partial charge in [0.05, 0.1) is 11.0 Å². The second kappa shape index (κ2) is 5.14. The third-order valence-electron chi connectivity index (χ3n) is 2.69. The largest absolute Gasteiger partial charge is 0.387 e. The van der Waals surface area contributed by atoms with Crippen LogP contribution < -0.4 is 0 Å². The lowest BCUT2D eigenvalue weighted by atomic mass is 9.93. The maximum Gasteiger partial charge on any atom is 0.0926 e. The SMILES string of the molecule is OC(c1ccns1)C1CCCSCC1. The average molecular weight is 229 g/mol. The molecule has 1 aliphatic heterocycles.